The molecular formula is C14H19F2NO2. The van der Waals surface area contributed by atoms with Crippen LogP contribution in [0.15, 0.2) is 18.2 Å². The largest absolute Gasteiger partial charge is 0.387 e. The maximum atomic E-state index is 13.1. The van der Waals surface area contributed by atoms with Gasteiger partial charge < -0.3 is 15.2 Å². The van der Waals surface area contributed by atoms with Crippen molar-refractivity contribution in [3.8, 4) is 0 Å². The topological polar surface area (TPSA) is 41.5 Å². The van der Waals surface area contributed by atoms with E-state index in [1.807, 2.05) is 0 Å². The minimum Gasteiger partial charge on any atom is -0.387 e. The van der Waals surface area contributed by atoms with Gasteiger partial charge in [0.25, 0.3) is 0 Å². The number of methoxy groups -OCH3 is 1. The van der Waals surface area contributed by atoms with Crippen molar-refractivity contribution in [2.24, 2.45) is 0 Å². The summed E-state index contributed by atoms with van der Waals surface area (Å²) < 4.78 is 31.2. The van der Waals surface area contributed by atoms with Gasteiger partial charge in [-0.25, -0.2) is 8.78 Å². The Morgan fingerprint density at radius 2 is 2.16 bits per heavy atom. The van der Waals surface area contributed by atoms with Gasteiger partial charge in [0.15, 0.2) is 11.6 Å². The van der Waals surface area contributed by atoms with Crippen LogP contribution in [0.3, 0.4) is 0 Å². The van der Waals surface area contributed by atoms with Gasteiger partial charge >= 0.3 is 0 Å². The van der Waals surface area contributed by atoms with E-state index in [-0.39, 0.29) is 12.1 Å². The molecule has 1 aromatic rings. The van der Waals surface area contributed by atoms with Crippen LogP contribution < -0.4 is 5.32 Å². The van der Waals surface area contributed by atoms with Crippen molar-refractivity contribution in [2.45, 2.75) is 37.5 Å². The SMILES string of the molecule is COC1CCCC1NCC(O)c1ccc(F)c(F)c1. The average Bonchev–Trinajstić information content (AvgIpc) is 2.86. The number of halogens is 2. The molecule has 0 spiro atoms. The summed E-state index contributed by atoms with van der Waals surface area (Å²) in [6, 6.07) is 3.67. The number of hydrogen-bond acceptors (Lipinski definition) is 3. The summed E-state index contributed by atoms with van der Waals surface area (Å²) in [6.07, 6.45) is 2.42. The fourth-order valence-corrected chi connectivity index (χ4v) is 2.54. The Balaban J connectivity index is 1.90. The molecule has 1 aliphatic rings. The Morgan fingerprint density at radius 3 is 2.84 bits per heavy atom. The van der Waals surface area contributed by atoms with E-state index in [1.165, 1.54) is 6.07 Å². The first kappa shape index (κ1) is 14.4. The van der Waals surface area contributed by atoms with E-state index >= 15 is 0 Å². The molecule has 3 unspecified atom stereocenters. The van der Waals surface area contributed by atoms with Gasteiger partial charge in [-0.05, 0) is 37.0 Å². The first-order chi connectivity index (χ1) is 9.11. The lowest BCUT2D eigenvalue weighted by atomic mass is 10.1. The van der Waals surface area contributed by atoms with Crippen LogP contribution in [0.1, 0.15) is 30.9 Å². The molecule has 3 nitrogen and oxygen atoms in total. The Hall–Kier alpha value is -1.04. The minimum absolute atomic E-state index is 0.164. The molecular weight excluding hydrogens is 252 g/mol. The van der Waals surface area contributed by atoms with E-state index in [0.29, 0.717) is 12.1 Å². The molecule has 106 valence electrons. The zero-order valence-electron chi connectivity index (χ0n) is 10.9. The zero-order chi connectivity index (χ0) is 13.8. The van der Waals surface area contributed by atoms with Gasteiger partial charge in [-0.15, -0.1) is 0 Å². The Kier molecular flexibility index (Phi) is 4.85. The fraction of sp³-hybridized carbons (Fsp3) is 0.571. The molecule has 1 aliphatic carbocycles. The second-order valence-electron chi connectivity index (χ2n) is 4.91. The number of aliphatic hydroxyl groups is 1. The molecule has 1 saturated carbocycles. The molecule has 5 heteroatoms. The molecule has 2 rings (SSSR count). The molecule has 1 fully saturated rings. The van der Waals surface area contributed by atoms with Crippen LogP contribution in [0.5, 0.6) is 0 Å². The van der Waals surface area contributed by atoms with Gasteiger partial charge in [-0.3, -0.25) is 0 Å². The third kappa shape index (κ3) is 3.49. The van der Waals surface area contributed by atoms with Gasteiger partial charge in [0.1, 0.15) is 0 Å². The van der Waals surface area contributed by atoms with Crippen LogP contribution in [0.2, 0.25) is 0 Å². The van der Waals surface area contributed by atoms with Crippen LogP contribution in [-0.4, -0.2) is 30.9 Å². The number of aliphatic hydroxyl groups excluding tert-OH is 1. The molecule has 0 heterocycles. The van der Waals surface area contributed by atoms with E-state index in [4.69, 9.17) is 4.74 Å². The van der Waals surface area contributed by atoms with E-state index in [0.717, 1.165) is 31.4 Å². The first-order valence-electron chi connectivity index (χ1n) is 6.51. The van der Waals surface area contributed by atoms with Gasteiger partial charge in [0.2, 0.25) is 0 Å². The summed E-state index contributed by atoms with van der Waals surface area (Å²) in [4.78, 5) is 0. The number of nitrogens with one attached hydrogen (secondary N) is 1. The summed E-state index contributed by atoms with van der Waals surface area (Å²) in [5, 5.41) is 13.2. The van der Waals surface area contributed by atoms with Gasteiger partial charge in [-0.2, -0.15) is 0 Å². The highest BCUT2D eigenvalue weighted by atomic mass is 19.2. The molecule has 1 aromatic carbocycles. The van der Waals surface area contributed by atoms with Crippen LogP contribution in [0.25, 0.3) is 0 Å². The van der Waals surface area contributed by atoms with Crippen molar-refractivity contribution in [3.63, 3.8) is 0 Å². The zero-order valence-corrected chi connectivity index (χ0v) is 10.9. The van der Waals surface area contributed by atoms with Gasteiger partial charge in [-0.1, -0.05) is 6.07 Å². The molecule has 3 atom stereocenters. The molecule has 0 amide bonds. The fourth-order valence-electron chi connectivity index (χ4n) is 2.54. The van der Waals surface area contributed by atoms with Crippen LogP contribution in [-0.2, 0) is 4.74 Å². The lowest BCUT2D eigenvalue weighted by molar-refractivity contribution is 0.0779. The number of benzene rings is 1. The maximum absolute atomic E-state index is 13.1. The van der Waals surface area contributed by atoms with Gasteiger partial charge in [0, 0.05) is 19.7 Å². The van der Waals surface area contributed by atoms with E-state index < -0.39 is 17.7 Å². The predicted molar refractivity (Wildman–Crippen MR) is 67.8 cm³/mol. The molecule has 0 bridgehead atoms. The van der Waals surface area contributed by atoms with Crippen LogP contribution in [0.4, 0.5) is 8.78 Å². The monoisotopic (exact) mass is 271 g/mol. The molecule has 0 radical (unpaired) electrons. The van der Waals surface area contributed by atoms with E-state index in [1.54, 1.807) is 7.11 Å². The van der Waals surface area contributed by atoms with E-state index in [9.17, 15) is 13.9 Å². The number of rotatable bonds is 5. The van der Waals surface area contributed by atoms with E-state index in [2.05, 4.69) is 5.32 Å². The Labute approximate surface area is 111 Å². The third-order valence-corrected chi connectivity index (χ3v) is 3.66. The number of hydrogen-bond donors (Lipinski definition) is 2. The third-order valence-electron chi connectivity index (χ3n) is 3.66. The quantitative estimate of drug-likeness (QED) is 0.862. The highest BCUT2D eigenvalue weighted by molar-refractivity contribution is 5.20. The lowest BCUT2D eigenvalue weighted by Crippen LogP contribution is -2.39. The standard InChI is InChI=1S/C14H19F2NO2/c1-19-14-4-2-3-12(14)17-8-13(18)9-5-6-10(15)11(16)7-9/h5-7,12-14,17-18H,2-4,8H2,1H3. The molecule has 0 saturated heterocycles. The maximum Gasteiger partial charge on any atom is 0.159 e. The summed E-state index contributed by atoms with van der Waals surface area (Å²) in [5.74, 6) is -1.84. The number of ether oxygens (including phenoxy) is 1. The van der Waals surface area contributed by atoms with Crippen molar-refractivity contribution < 1.29 is 18.6 Å². The van der Waals surface area contributed by atoms with Crippen LogP contribution >= 0.6 is 0 Å². The summed E-state index contributed by atoms with van der Waals surface area (Å²) in [6.45, 7) is 0.301. The smallest absolute Gasteiger partial charge is 0.159 e. The molecule has 0 aromatic heterocycles. The second kappa shape index (κ2) is 6.41. The predicted octanol–water partition coefficient (Wildman–Crippen LogP) is 2.16. The normalized spacial score (nSPS) is 24.6. The lowest BCUT2D eigenvalue weighted by Gasteiger charge is -2.21. The van der Waals surface area contributed by atoms with Crippen molar-refractivity contribution in [1.29, 1.82) is 0 Å². The second-order valence-corrected chi connectivity index (χ2v) is 4.91. The van der Waals surface area contributed by atoms with Crippen molar-refractivity contribution in [3.05, 3.63) is 35.4 Å². The molecule has 19 heavy (non-hydrogen) atoms. The summed E-state index contributed by atoms with van der Waals surface area (Å²) >= 11 is 0. The van der Waals surface area contributed by atoms with Gasteiger partial charge in [0.05, 0.1) is 12.2 Å². The Morgan fingerprint density at radius 1 is 1.37 bits per heavy atom. The Bertz CT molecular complexity index is 428. The highest BCUT2D eigenvalue weighted by Gasteiger charge is 2.27. The first-order valence-corrected chi connectivity index (χ1v) is 6.51. The minimum atomic E-state index is -0.938. The van der Waals surface area contributed by atoms with Crippen LogP contribution in [0, 0.1) is 11.6 Å². The summed E-state index contributed by atoms with van der Waals surface area (Å²) in [5.41, 5.74) is 0.373. The molecule has 2 N–H and O–H groups in total. The molecule has 0 aliphatic heterocycles. The highest BCUT2D eigenvalue weighted by Crippen LogP contribution is 2.22. The van der Waals surface area contributed by atoms with Crippen molar-refractivity contribution >= 4 is 0 Å². The van der Waals surface area contributed by atoms with Crippen molar-refractivity contribution in [2.75, 3.05) is 13.7 Å². The average molecular weight is 271 g/mol. The van der Waals surface area contributed by atoms with Crippen molar-refractivity contribution in [1.82, 2.24) is 5.32 Å². The summed E-state index contributed by atoms with van der Waals surface area (Å²) in [7, 11) is 1.68.